The van der Waals surface area contributed by atoms with Gasteiger partial charge in [-0.1, -0.05) is 18.2 Å². The number of hydrogen-bond acceptors (Lipinski definition) is 4. The molecule has 0 radical (unpaired) electrons. The minimum Gasteiger partial charge on any atom is -0.483 e. The third-order valence-electron chi connectivity index (χ3n) is 3.85. The van der Waals surface area contributed by atoms with Crippen LogP contribution in [-0.2, 0) is 4.79 Å². The summed E-state index contributed by atoms with van der Waals surface area (Å²) >= 11 is 0. The Morgan fingerprint density at radius 3 is 2.48 bits per heavy atom. The van der Waals surface area contributed by atoms with Crippen molar-refractivity contribution in [3.8, 4) is 5.75 Å². The van der Waals surface area contributed by atoms with Crippen molar-refractivity contribution in [3.05, 3.63) is 77.7 Å². The Bertz CT molecular complexity index is 949. The van der Waals surface area contributed by atoms with Crippen LogP contribution < -0.4 is 15.4 Å². The molecule has 2 amide bonds. The zero-order chi connectivity index (χ0) is 19.2. The Morgan fingerprint density at radius 2 is 1.74 bits per heavy atom. The molecule has 6 nitrogen and oxygen atoms in total. The second-order valence-electron chi connectivity index (χ2n) is 6.12. The van der Waals surface area contributed by atoms with Gasteiger partial charge in [-0.15, -0.1) is 0 Å². The van der Waals surface area contributed by atoms with Gasteiger partial charge < -0.3 is 19.8 Å². The zero-order valence-electron chi connectivity index (χ0n) is 15.1. The first-order valence-corrected chi connectivity index (χ1v) is 8.46. The van der Waals surface area contributed by atoms with Crippen molar-refractivity contribution in [1.29, 1.82) is 0 Å². The second kappa shape index (κ2) is 8.23. The van der Waals surface area contributed by atoms with Crippen LogP contribution in [0.15, 0.2) is 65.3 Å². The summed E-state index contributed by atoms with van der Waals surface area (Å²) < 4.78 is 10.7. The average Bonchev–Trinajstić information content (AvgIpc) is 3.18. The van der Waals surface area contributed by atoms with Crippen LogP contribution in [-0.4, -0.2) is 18.4 Å². The van der Waals surface area contributed by atoms with Crippen LogP contribution in [0.5, 0.6) is 5.75 Å². The highest BCUT2D eigenvalue weighted by atomic mass is 16.5. The lowest BCUT2D eigenvalue weighted by Crippen LogP contribution is -2.20. The zero-order valence-corrected chi connectivity index (χ0v) is 15.1. The minimum absolute atomic E-state index is 0.104. The Morgan fingerprint density at radius 1 is 0.963 bits per heavy atom. The first kappa shape index (κ1) is 18.3. The van der Waals surface area contributed by atoms with Crippen molar-refractivity contribution in [2.75, 3.05) is 17.2 Å². The predicted molar refractivity (Wildman–Crippen MR) is 103 cm³/mol. The standard InChI is InChI=1S/C21H20N2O4/c1-14-8-9-15(2)19(11-14)27-13-20(24)22-16-5-3-6-17(12-16)23-21(25)18-7-4-10-26-18/h3-12H,13H2,1-2H3,(H,22,24)(H,23,25). The molecule has 0 aliphatic rings. The summed E-state index contributed by atoms with van der Waals surface area (Å²) in [6.07, 6.45) is 1.43. The molecule has 2 N–H and O–H groups in total. The van der Waals surface area contributed by atoms with Crippen LogP contribution in [0.3, 0.4) is 0 Å². The van der Waals surface area contributed by atoms with Crippen molar-refractivity contribution in [2.45, 2.75) is 13.8 Å². The van der Waals surface area contributed by atoms with E-state index < -0.39 is 0 Å². The molecule has 0 spiro atoms. The quantitative estimate of drug-likeness (QED) is 0.688. The number of carbonyl (C=O) groups is 2. The molecule has 27 heavy (non-hydrogen) atoms. The number of amides is 2. The summed E-state index contributed by atoms with van der Waals surface area (Å²) in [6.45, 7) is 3.79. The van der Waals surface area contributed by atoms with Crippen molar-refractivity contribution in [2.24, 2.45) is 0 Å². The SMILES string of the molecule is Cc1ccc(C)c(OCC(=O)Nc2cccc(NC(=O)c3ccco3)c2)c1. The molecule has 0 aliphatic heterocycles. The van der Waals surface area contributed by atoms with E-state index in [0.717, 1.165) is 11.1 Å². The predicted octanol–water partition coefficient (Wildman–Crippen LogP) is 4.17. The first-order valence-electron chi connectivity index (χ1n) is 8.46. The molecule has 1 heterocycles. The molecule has 0 aliphatic carbocycles. The summed E-state index contributed by atoms with van der Waals surface area (Å²) in [4.78, 5) is 24.2. The van der Waals surface area contributed by atoms with Gasteiger partial charge in [-0.3, -0.25) is 9.59 Å². The van der Waals surface area contributed by atoms with Crippen molar-refractivity contribution in [3.63, 3.8) is 0 Å². The topological polar surface area (TPSA) is 80.6 Å². The molecule has 1 aromatic heterocycles. The Hall–Kier alpha value is -3.54. The molecule has 6 heteroatoms. The Balaban J connectivity index is 1.58. The first-order chi connectivity index (χ1) is 13.0. The van der Waals surface area contributed by atoms with Crippen molar-refractivity contribution < 1.29 is 18.7 Å². The van der Waals surface area contributed by atoms with Gasteiger partial charge in [-0.2, -0.15) is 0 Å². The average molecular weight is 364 g/mol. The number of hydrogen-bond donors (Lipinski definition) is 2. The lowest BCUT2D eigenvalue weighted by Gasteiger charge is -2.11. The number of carbonyl (C=O) groups excluding carboxylic acids is 2. The van der Waals surface area contributed by atoms with Gasteiger partial charge in [0, 0.05) is 11.4 Å². The molecule has 138 valence electrons. The Kier molecular flexibility index (Phi) is 5.56. The van der Waals surface area contributed by atoms with E-state index in [1.165, 1.54) is 6.26 Å². The fraction of sp³-hybridized carbons (Fsp3) is 0.143. The van der Waals surface area contributed by atoms with Gasteiger partial charge in [-0.25, -0.2) is 0 Å². The van der Waals surface area contributed by atoms with Crippen LogP contribution in [0.2, 0.25) is 0 Å². The van der Waals surface area contributed by atoms with Crippen LogP contribution in [0, 0.1) is 13.8 Å². The maximum atomic E-state index is 12.2. The van der Waals surface area contributed by atoms with E-state index in [2.05, 4.69) is 10.6 Å². The van der Waals surface area contributed by atoms with Gasteiger partial charge in [-0.05, 0) is 61.4 Å². The maximum absolute atomic E-state index is 12.2. The summed E-state index contributed by atoms with van der Waals surface area (Å²) in [5, 5.41) is 5.47. The van der Waals surface area contributed by atoms with E-state index in [9.17, 15) is 9.59 Å². The van der Waals surface area contributed by atoms with Gasteiger partial charge >= 0.3 is 0 Å². The Labute approximate surface area is 157 Å². The third-order valence-corrected chi connectivity index (χ3v) is 3.85. The molecule has 0 saturated carbocycles. The van der Waals surface area contributed by atoms with E-state index >= 15 is 0 Å². The molecule has 2 aromatic carbocycles. The number of nitrogens with one attached hydrogen (secondary N) is 2. The van der Waals surface area contributed by atoms with Crippen LogP contribution in [0.4, 0.5) is 11.4 Å². The number of anilines is 2. The minimum atomic E-state index is -0.360. The highest BCUT2D eigenvalue weighted by Gasteiger charge is 2.10. The van der Waals surface area contributed by atoms with Crippen molar-refractivity contribution >= 4 is 23.2 Å². The highest BCUT2D eigenvalue weighted by molar-refractivity contribution is 6.02. The molecular weight excluding hydrogens is 344 g/mol. The smallest absolute Gasteiger partial charge is 0.291 e. The van der Waals surface area contributed by atoms with E-state index in [0.29, 0.717) is 17.1 Å². The lowest BCUT2D eigenvalue weighted by molar-refractivity contribution is -0.118. The second-order valence-corrected chi connectivity index (χ2v) is 6.12. The number of benzene rings is 2. The summed E-state index contributed by atoms with van der Waals surface area (Å²) in [7, 11) is 0. The van der Waals surface area contributed by atoms with Gasteiger partial charge in [0.2, 0.25) is 0 Å². The molecule has 0 atom stereocenters. The number of furan rings is 1. The van der Waals surface area contributed by atoms with Gasteiger partial charge in [0.05, 0.1) is 6.26 Å². The molecule has 3 rings (SSSR count). The monoisotopic (exact) mass is 364 g/mol. The summed E-state index contributed by atoms with van der Waals surface area (Å²) in [5.74, 6) is 0.253. The molecule has 0 fully saturated rings. The fourth-order valence-electron chi connectivity index (χ4n) is 2.48. The van der Waals surface area contributed by atoms with E-state index in [1.807, 2.05) is 32.0 Å². The van der Waals surface area contributed by atoms with Crippen molar-refractivity contribution in [1.82, 2.24) is 0 Å². The van der Waals surface area contributed by atoms with E-state index in [-0.39, 0.29) is 24.2 Å². The third kappa shape index (κ3) is 4.98. The molecule has 3 aromatic rings. The number of rotatable bonds is 6. The number of ether oxygens (including phenoxy) is 1. The molecule has 0 bridgehead atoms. The van der Waals surface area contributed by atoms with Crippen LogP contribution >= 0.6 is 0 Å². The summed E-state index contributed by atoms with van der Waals surface area (Å²) in [5.41, 5.74) is 3.14. The normalized spacial score (nSPS) is 10.3. The molecule has 0 saturated heterocycles. The largest absolute Gasteiger partial charge is 0.483 e. The molecular formula is C21H20N2O4. The lowest BCUT2D eigenvalue weighted by atomic mass is 10.1. The summed E-state index contributed by atoms with van der Waals surface area (Å²) in [6, 6.07) is 15.9. The fourth-order valence-corrected chi connectivity index (χ4v) is 2.48. The van der Waals surface area contributed by atoms with Gasteiger partial charge in [0.25, 0.3) is 11.8 Å². The number of aryl methyl sites for hydroxylation is 2. The van der Waals surface area contributed by atoms with Crippen LogP contribution in [0.25, 0.3) is 0 Å². The van der Waals surface area contributed by atoms with Crippen LogP contribution in [0.1, 0.15) is 21.7 Å². The van der Waals surface area contributed by atoms with E-state index in [4.69, 9.17) is 9.15 Å². The van der Waals surface area contributed by atoms with Gasteiger partial charge in [0.1, 0.15) is 5.75 Å². The molecule has 0 unspecified atom stereocenters. The highest BCUT2D eigenvalue weighted by Crippen LogP contribution is 2.20. The van der Waals surface area contributed by atoms with E-state index in [1.54, 1.807) is 36.4 Å². The maximum Gasteiger partial charge on any atom is 0.291 e. The van der Waals surface area contributed by atoms with Gasteiger partial charge in [0.15, 0.2) is 12.4 Å².